The molecule has 2 atom stereocenters. The van der Waals surface area contributed by atoms with Crippen LogP contribution in [0.15, 0.2) is 30.3 Å². The maximum Gasteiger partial charge on any atom is 0.321 e. The number of hydrogen-bond acceptors (Lipinski definition) is 3. The number of carbonyl (C=O) groups excluding carboxylic acids is 2. The van der Waals surface area contributed by atoms with E-state index in [1.807, 2.05) is 30.3 Å². The van der Waals surface area contributed by atoms with Gasteiger partial charge in [-0.3, -0.25) is 9.69 Å². The van der Waals surface area contributed by atoms with E-state index in [1.165, 1.54) is 25.8 Å². The molecule has 1 N–H and O–H groups in total. The highest BCUT2D eigenvalue weighted by molar-refractivity contribution is 5.90. The van der Waals surface area contributed by atoms with Crippen molar-refractivity contribution >= 4 is 17.6 Å². The van der Waals surface area contributed by atoms with E-state index in [0.29, 0.717) is 12.6 Å². The number of piperidine rings is 2. The Balaban J connectivity index is 1.33. The lowest BCUT2D eigenvalue weighted by molar-refractivity contribution is -0.140. The first-order valence-corrected chi connectivity index (χ1v) is 10.3. The molecule has 0 aliphatic carbocycles. The molecule has 0 radical (unpaired) electrons. The molecular weight excluding hydrogens is 340 g/mol. The predicted octanol–water partition coefficient (Wildman–Crippen LogP) is 2.63. The van der Waals surface area contributed by atoms with E-state index in [-0.39, 0.29) is 17.9 Å². The zero-order chi connectivity index (χ0) is 18.6. The van der Waals surface area contributed by atoms with E-state index in [0.717, 1.165) is 44.7 Å². The van der Waals surface area contributed by atoms with Crippen LogP contribution in [0.5, 0.6) is 0 Å². The van der Waals surface area contributed by atoms with Gasteiger partial charge in [-0.2, -0.15) is 0 Å². The summed E-state index contributed by atoms with van der Waals surface area (Å²) in [5.74, 6) is 0.188. The molecule has 6 nitrogen and oxygen atoms in total. The van der Waals surface area contributed by atoms with Gasteiger partial charge in [-0.1, -0.05) is 24.6 Å². The van der Waals surface area contributed by atoms with Crippen molar-refractivity contribution in [3.63, 3.8) is 0 Å². The number of piperazine rings is 1. The second-order valence-corrected chi connectivity index (χ2v) is 8.05. The third-order valence-electron chi connectivity index (χ3n) is 6.23. The van der Waals surface area contributed by atoms with E-state index in [2.05, 4.69) is 15.1 Å². The number of nitrogens with one attached hydrogen (secondary N) is 1. The molecule has 146 valence electrons. The molecule has 3 aliphatic heterocycles. The molecule has 3 heterocycles. The Bertz CT molecular complexity index is 665. The van der Waals surface area contributed by atoms with Crippen LogP contribution in [-0.2, 0) is 4.79 Å². The summed E-state index contributed by atoms with van der Waals surface area (Å²) in [4.78, 5) is 32.1. The highest BCUT2D eigenvalue weighted by atomic mass is 16.2. The van der Waals surface area contributed by atoms with E-state index < -0.39 is 0 Å². The van der Waals surface area contributed by atoms with Crippen molar-refractivity contribution in [2.45, 2.75) is 38.1 Å². The summed E-state index contributed by atoms with van der Waals surface area (Å²) in [7, 11) is 0. The lowest BCUT2D eigenvalue weighted by atomic mass is 9.94. The zero-order valence-corrected chi connectivity index (χ0v) is 16.0. The maximum absolute atomic E-state index is 13.1. The molecule has 1 aromatic carbocycles. The first-order valence-electron chi connectivity index (χ1n) is 10.3. The summed E-state index contributed by atoms with van der Waals surface area (Å²) in [5, 5.41) is 2.94. The van der Waals surface area contributed by atoms with Gasteiger partial charge in [-0.25, -0.2) is 4.79 Å². The average molecular weight is 370 g/mol. The van der Waals surface area contributed by atoms with E-state index in [4.69, 9.17) is 0 Å². The highest BCUT2D eigenvalue weighted by Gasteiger charge is 2.36. The molecule has 0 saturated carbocycles. The minimum Gasteiger partial charge on any atom is -0.340 e. The van der Waals surface area contributed by atoms with Gasteiger partial charge in [-0.15, -0.1) is 0 Å². The minimum absolute atomic E-state index is 0.0598. The molecule has 4 rings (SSSR count). The molecule has 0 bridgehead atoms. The molecule has 6 heteroatoms. The smallest absolute Gasteiger partial charge is 0.321 e. The number of likely N-dealkylation sites (tertiary alicyclic amines) is 1. The van der Waals surface area contributed by atoms with Crippen molar-refractivity contribution in [3.05, 3.63) is 30.3 Å². The zero-order valence-electron chi connectivity index (χ0n) is 16.0. The minimum atomic E-state index is -0.101. The monoisotopic (exact) mass is 370 g/mol. The summed E-state index contributed by atoms with van der Waals surface area (Å²) in [6.45, 7) is 5.14. The summed E-state index contributed by atoms with van der Waals surface area (Å²) < 4.78 is 0. The van der Waals surface area contributed by atoms with Gasteiger partial charge in [-0.05, 0) is 44.4 Å². The number of carbonyl (C=O) groups is 2. The number of urea groups is 1. The van der Waals surface area contributed by atoms with Crippen molar-refractivity contribution in [2.24, 2.45) is 5.92 Å². The third kappa shape index (κ3) is 4.26. The van der Waals surface area contributed by atoms with Gasteiger partial charge in [0.15, 0.2) is 0 Å². The Morgan fingerprint density at radius 2 is 1.70 bits per heavy atom. The number of nitrogens with zero attached hydrogens (tertiary/aromatic N) is 3. The second-order valence-electron chi connectivity index (χ2n) is 8.05. The van der Waals surface area contributed by atoms with Crippen LogP contribution in [-0.4, -0.2) is 71.9 Å². The van der Waals surface area contributed by atoms with E-state index in [9.17, 15) is 9.59 Å². The standard InChI is InChI=1S/C21H30N4O2/c26-20(24-14-13-23-11-5-4-10-19(23)16-24)17-7-6-12-25(15-17)21(27)22-18-8-2-1-3-9-18/h1-3,8-9,17,19H,4-7,10-16H2,(H,22,27). The normalized spacial score (nSPS) is 26.4. The van der Waals surface area contributed by atoms with Crippen molar-refractivity contribution in [2.75, 3.05) is 44.6 Å². The molecule has 3 fully saturated rings. The Hall–Kier alpha value is -2.08. The van der Waals surface area contributed by atoms with Crippen LogP contribution in [0, 0.1) is 5.92 Å². The first-order chi connectivity index (χ1) is 13.2. The summed E-state index contributed by atoms with van der Waals surface area (Å²) in [6.07, 6.45) is 5.56. The topological polar surface area (TPSA) is 55.9 Å². The van der Waals surface area contributed by atoms with Crippen molar-refractivity contribution in [1.82, 2.24) is 14.7 Å². The van der Waals surface area contributed by atoms with Crippen molar-refractivity contribution in [3.8, 4) is 0 Å². The Morgan fingerprint density at radius 1 is 0.852 bits per heavy atom. The number of amides is 3. The largest absolute Gasteiger partial charge is 0.340 e. The third-order valence-corrected chi connectivity index (χ3v) is 6.23. The van der Waals surface area contributed by atoms with Crippen LogP contribution in [0.2, 0.25) is 0 Å². The fourth-order valence-corrected chi connectivity index (χ4v) is 4.70. The fraction of sp³-hybridized carbons (Fsp3) is 0.619. The number of hydrogen-bond donors (Lipinski definition) is 1. The Labute approximate surface area is 161 Å². The van der Waals surface area contributed by atoms with Crippen LogP contribution < -0.4 is 5.32 Å². The predicted molar refractivity (Wildman–Crippen MR) is 106 cm³/mol. The van der Waals surface area contributed by atoms with Crippen LogP contribution in [0.25, 0.3) is 0 Å². The molecule has 3 saturated heterocycles. The molecule has 0 aromatic heterocycles. The molecule has 27 heavy (non-hydrogen) atoms. The first kappa shape index (κ1) is 18.3. The van der Waals surface area contributed by atoms with E-state index in [1.54, 1.807) is 4.90 Å². The number of anilines is 1. The second kappa shape index (κ2) is 8.30. The summed E-state index contributed by atoms with van der Waals surface area (Å²) in [6, 6.07) is 9.94. The Kier molecular flexibility index (Phi) is 5.62. The summed E-state index contributed by atoms with van der Waals surface area (Å²) in [5.41, 5.74) is 0.796. The van der Waals surface area contributed by atoms with Crippen LogP contribution in [0.1, 0.15) is 32.1 Å². The lowest BCUT2D eigenvalue weighted by Crippen LogP contribution is -2.58. The van der Waals surface area contributed by atoms with Gasteiger partial charge in [0, 0.05) is 44.5 Å². The number of para-hydroxylation sites is 1. The summed E-state index contributed by atoms with van der Waals surface area (Å²) >= 11 is 0. The van der Waals surface area contributed by atoms with Crippen molar-refractivity contribution in [1.29, 1.82) is 0 Å². The lowest BCUT2D eigenvalue weighted by Gasteiger charge is -2.45. The van der Waals surface area contributed by atoms with Gasteiger partial charge in [0.05, 0.1) is 5.92 Å². The molecular formula is C21H30N4O2. The van der Waals surface area contributed by atoms with Gasteiger partial charge in [0.1, 0.15) is 0 Å². The average Bonchev–Trinajstić information content (AvgIpc) is 2.73. The van der Waals surface area contributed by atoms with Crippen LogP contribution in [0.3, 0.4) is 0 Å². The number of benzene rings is 1. The highest BCUT2D eigenvalue weighted by Crippen LogP contribution is 2.25. The maximum atomic E-state index is 13.1. The van der Waals surface area contributed by atoms with Gasteiger partial charge in [0.25, 0.3) is 0 Å². The molecule has 2 unspecified atom stereocenters. The molecule has 3 amide bonds. The van der Waals surface area contributed by atoms with Crippen LogP contribution >= 0.6 is 0 Å². The van der Waals surface area contributed by atoms with Crippen LogP contribution in [0.4, 0.5) is 10.5 Å². The molecule has 3 aliphatic rings. The molecule has 1 aromatic rings. The van der Waals surface area contributed by atoms with E-state index >= 15 is 0 Å². The quantitative estimate of drug-likeness (QED) is 0.871. The SMILES string of the molecule is O=C(Nc1ccccc1)N1CCCC(C(=O)N2CCN3CCCCC3C2)C1. The van der Waals surface area contributed by atoms with Gasteiger partial charge in [0.2, 0.25) is 5.91 Å². The van der Waals surface area contributed by atoms with Gasteiger partial charge >= 0.3 is 6.03 Å². The van der Waals surface area contributed by atoms with Crippen molar-refractivity contribution < 1.29 is 9.59 Å². The van der Waals surface area contributed by atoms with Gasteiger partial charge < -0.3 is 15.1 Å². The number of fused-ring (bicyclic) bond motifs is 1. The number of rotatable bonds is 2. The Morgan fingerprint density at radius 3 is 2.56 bits per heavy atom. The molecule has 0 spiro atoms. The fourth-order valence-electron chi connectivity index (χ4n) is 4.70.